The minimum Gasteiger partial charge on any atom is -0.313 e. The number of piperidine rings is 1. The van der Waals surface area contributed by atoms with Crippen molar-refractivity contribution in [2.24, 2.45) is 22.7 Å². The average Bonchev–Trinajstić information content (AvgIpc) is 2.71. The summed E-state index contributed by atoms with van der Waals surface area (Å²) in [6.07, 6.45) is 6.70. The van der Waals surface area contributed by atoms with Crippen molar-refractivity contribution in [3.05, 3.63) is 0 Å². The maximum Gasteiger partial charge on any atom is 0.0439 e. The van der Waals surface area contributed by atoms with E-state index >= 15 is 0 Å². The molecule has 2 rings (SSSR count). The highest BCUT2D eigenvalue weighted by molar-refractivity contribution is 5.04. The predicted octanol–water partition coefficient (Wildman–Crippen LogP) is 8.16. The van der Waals surface area contributed by atoms with E-state index in [0.29, 0.717) is 22.7 Å². The molecule has 0 aromatic heterocycles. The van der Waals surface area contributed by atoms with Crippen LogP contribution in [-0.4, -0.2) is 42.7 Å². The second kappa shape index (κ2) is 9.47. The second-order valence-corrected chi connectivity index (χ2v) is 15.5. The first-order valence-electron chi connectivity index (χ1n) is 13.0. The van der Waals surface area contributed by atoms with Gasteiger partial charge in [0.05, 0.1) is 0 Å². The van der Waals surface area contributed by atoms with Crippen LogP contribution in [0, 0.1) is 22.7 Å². The minimum atomic E-state index is -0.0995. The molecule has 2 fully saturated rings. The Bertz CT molecular complexity index is 594. The van der Waals surface area contributed by atoms with Crippen LogP contribution < -0.4 is 0 Å². The first-order valence-corrected chi connectivity index (χ1v) is 13.0. The van der Waals surface area contributed by atoms with Gasteiger partial charge in [-0.2, -0.15) is 10.1 Å². The van der Waals surface area contributed by atoms with Crippen LogP contribution >= 0.6 is 0 Å². The van der Waals surface area contributed by atoms with Gasteiger partial charge in [-0.05, 0) is 110 Å². The van der Waals surface area contributed by atoms with Crippen LogP contribution in [0.5, 0.6) is 0 Å². The molecule has 4 nitrogen and oxygen atoms in total. The topological polar surface area (TPSA) is 46.9 Å². The van der Waals surface area contributed by atoms with E-state index in [2.05, 4.69) is 96.9 Å². The summed E-state index contributed by atoms with van der Waals surface area (Å²) >= 11 is 0. The van der Waals surface area contributed by atoms with Gasteiger partial charge in [0, 0.05) is 22.2 Å². The summed E-state index contributed by atoms with van der Waals surface area (Å²) in [5, 5.41) is 23.8. The Kier molecular flexibility index (Phi) is 8.84. The third-order valence-electron chi connectivity index (χ3n) is 7.99. The van der Waals surface area contributed by atoms with Gasteiger partial charge in [0.1, 0.15) is 0 Å². The summed E-state index contributed by atoms with van der Waals surface area (Å²) in [5.74, 6) is 1.29. The molecule has 0 aliphatic carbocycles. The standard InChI is InChI=1S/2C14H29NO/c1-12(2,3)8-11-9-13(4,5)15(16)14(6,7)10-11;1-8-14(7)10-11(9-12(2,3)4)13(5,6)15(14)16/h2*11,16H,8-10H2,1-7H3. The van der Waals surface area contributed by atoms with Gasteiger partial charge in [-0.25, -0.2) is 0 Å². The number of rotatable bonds is 3. The van der Waals surface area contributed by atoms with Crippen LogP contribution in [0.3, 0.4) is 0 Å². The summed E-state index contributed by atoms with van der Waals surface area (Å²) in [4.78, 5) is 0. The molecule has 2 aliphatic heterocycles. The zero-order valence-electron chi connectivity index (χ0n) is 24.2. The lowest BCUT2D eigenvalue weighted by Gasteiger charge is -2.52. The van der Waals surface area contributed by atoms with E-state index in [-0.39, 0.29) is 22.2 Å². The Morgan fingerprint density at radius 3 is 1.41 bits per heavy atom. The van der Waals surface area contributed by atoms with Gasteiger partial charge < -0.3 is 10.4 Å². The molecule has 0 aromatic rings. The summed E-state index contributed by atoms with van der Waals surface area (Å²) in [7, 11) is 0. The predicted molar refractivity (Wildman–Crippen MR) is 137 cm³/mol. The summed E-state index contributed by atoms with van der Waals surface area (Å²) in [5.41, 5.74) is 0.378. The molecule has 0 aromatic carbocycles. The quantitative estimate of drug-likeness (QED) is 0.451. The van der Waals surface area contributed by atoms with E-state index in [1.807, 2.05) is 0 Å². The average molecular weight is 455 g/mol. The Labute approximate surface area is 201 Å². The van der Waals surface area contributed by atoms with Gasteiger partial charge in [0.2, 0.25) is 0 Å². The largest absolute Gasteiger partial charge is 0.313 e. The lowest BCUT2D eigenvalue weighted by Crippen LogP contribution is -2.59. The summed E-state index contributed by atoms with van der Waals surface area (Å²) < 4.78 is 0. The minimum absolute atomic E-state index is 0.0422. The lowest BCUT2D eigenvalue weighted by atomic mass is 9.70. The third kappa shape index (κ3) is 7.42. The highest BCUT2D eigenvalue weighted by Gasteiger charge is 2.53. The molecule has 2 saturated heterocycles. The van der Waals surface area contributed by atoms with Crippen LogP contribution in [0.1, 0.15) is 135 Å². The first kappa shape index (κ1) is 29.9. The number of hydrogen-bond donors (Lipinski definition) is 2. The van der Waals surface area contributed by atoms with Crippen LogP contribution in [0.15, 0.2) is 0 Å². The van der Waals surface area contributed by atoms with Crippen molar-refractivity contribution in [2.75, 3.05) is 0 Å². The van der Waals surface area contributed by atoms with Gasteiger partial charge >= 0.3 is 0 Å². The number of hydrogen-bond acceptors (Lipinski definition) is 4. The van der Waals surface area contributed by atoms with E-state index in [9.17, 15) is 10.4 Å². The Balaban J connectivity index is 0.000000320. The Morgan fingerprint density at radius 1 is 0.688 bits per heavy atom. The smallest absolute Gasteiger partial charge is 0.0439 e. The van der Waals surface area contributed by atoms with E-state index in [0.717, 1.165) is 25.7 Å². The second-order valence-electron chi connectivity index (χ2n) is 15.5. The van der Waals surface area contributed by atoms with Gasteiger partial charge in [-0.15, -0.1) is 0 Å². The van der Waals surface area contributed by atoms with Crippen LogP contribution in [0.25, 0.3) is 0 Å². The van der Waals surface area contributed by atoms with E-state index in [4.69, 9.17) is 0 Å². The molecule has 2 unspecified atom stereocenters. The molecule has 4 heteroatoms. The lowest BCUT2D eigenvalue weighted by molar-refractivity contribution is -0.252. The van der Waals surface area contributed by atoms with Crippen molar-refractivity contribution < 1.29 is 10.4 Å². The number of hydroxylamine groups is 4. The normalized spacial score (nSPS) is 31.3. The molecule has 0 radical (unpaired) electrons. The van der Waals surface area contributed by atoms with E-state index in [1.54, 1.807) is 10.1 Å². The molecule has 32 heavy (non-hydrogen) atoms. The van der Waals surface area contributed by atoms with E-state index in [1.165, 1.54) is 12.8 Å². The highest BCUT2D eigenvalue weighted by atomic mass is 16.5. The van der Waals surface area contributed by atoms with Gasteiger partial charge in [-0.1, -0.05) is 48.5 Å². The molecule has 2 heterocycles. The van der Waals surface area contributed by atoms with Gasteiger partial charge in [0.25, 0.3) is 0 Å². The molecular formula is C28H58N2O2. The molecule has 0 amide bonds. The fourth-order valence-electron chi connectivity index (χ4n) is 6.58. The third-order valence-corrected chi connectivity index (χ3v) is 7.99. The molecular weight excluding hydrogens is 396 g/mol. The van der Waals surface area contributed by atoms with Crippen molar-refractivity contribution >= 4 is 0 Å². The molecule has 2 N–H and O–H groups in total. The van der Waals surface area contributed by atoms with Crippen molar-refractivity contribution in [3.8, 4) is 0 Å². The number of nitrogens with zero attached hydrogens (tertiary/aromatic N) is 2. The van der Waals surface area contributed by atoms with Crippen molar-refractivity contribution in [2.45, 2.75) is 158 Å². The maximum atomic E-state index is 10.4. The Hall–Kier alpha value is -0.160. The summed E-state index contributed by atoms with van der Waals surface area (Å²) in [6.45, 7) is 31.0. The fraction of sp³-hybridized carbons (Fsp3) is 1.00. The Morgan fingerprint density at radius 2 is 1.09 bits per heavy atom. The molecule has 0 spiro atoms. The first-order chi connectivity index (χ1) is 14.0. The molecule has 2 aliphatic rings. The monoisotopic (exact) mass is 454 g/mol. The maximum absolute atomic E-state index is 10.4. The van der Waals surface area contributed by atoms with E-state index < -0.39 is 0 Å². The zero-order valence-corrected chi connectivity index (χ0v) is 24.2. The molecule has 2 atom stereocenters. The van der Waals surface area contributed by atoms with Crippen LogP contribution in [-0.2, 0) is 0 Å². The molecule has 0 saturated carbocycles. The zero-order chi connectivity index (χ0) is 25.6. The SMILES string of the molecule is CC(C)(C)CC1CC(C)(C)N(O)C(C)(C)C1.CCC1(C)CC(CC(C)(C)C)C(C)(C)N1O. The fourth-order valence-corrected chi connectivity index (χ4v) is 6.58. The highest BCUT2D eigenvalue weighted by Crippen LogP contribution is 2.49. The van der Waals surface area contributed by atoms with Crippen LogP contribution in [0.4, 0.5) is 0 Å². The van der Waals surface area contributed by atoms with Gasteiger partial charge in [0.15, 0.2) is 0 Å². The van der Waals surface area contributed by atoms with Gasteiger partial charge in [-0.3, -0.25) is 0 Å². The van der Waals surface area contributed by atoms with Crippen molar-refractivity contribution in [1.29, 1.82) is 0 Å². The molecule has 0 bridgehead atoms. The van der Waals surface area contributed by atoms with Crippen LogP contribution in [0.2, 0.25) is 0 Å². The van der Waals surface area contributed by atoms with Crippen molar-refractivity contribution in [1.82, 2.24) is 10.1 Å². The summed E-state index contributed by atoms with van der Waals surface area (Å²) in [6, 6.07) is 0. The molecule has 192 valence electrons. The van der Waals surface area contributed by atoms with Crippen molar-refractivity contribution in [3.63, 3.8) is 0 Å².